The fourth-order valence-electron chi connectivity index (χ4n) is 8.49. The predicted molar refractivity (Wildman–Crippen MR) is 236 cm³/mol. The Hall–Kier alpha value is -7.61. The van der Waals surface area contributed by atoms with Crippen molar-refractivity contribution in [2.24, 2.45) is 5.73 Å². The van der Waals surface area contributed by atoms with Gasteiger partial charge in [0.1, 0.15) is 45.9 Å². The van der Waals surface area contributed by atoms with Crippen molar-refractivity contribution in [3.63, 3.8) is 0 Å². The first kappa shape index (κ1) is 43.1. The number of carbonyl (C=O) groups is 2. The van der Waals surface area contributed by atoms with E-state index in [0.29, 0.717) is 37.2 Å². The van der Waals surface area contributed by atoms with Crippen LogP contribution in [0.3, 0.4) is 0 Å². The van der Waals surface area contributed by atoms with Crippen molar-refractivity contribution < 1.29 is 28.5 Å². The van der Waals surface area contributed by atoms with Crippen molar-refractivity contribution in [3.8, 4) is 23.3 Å². The number of nitrogens with zero attached hydrogens (tertiary/aromatic N) is 8. The van der Waals surface area contributed by atoms with E-state index in [1.54, 1.807) is 37.1 Å². The van der Waals surface area contributed by atoms with E-state index in [2.05, 4.69) is 26.0 Å². The van der Waals surface area contributed by atoms with Gasteiger partial charge in [-0.2, -0.15) is 5.26 Å². The van der Waals surface area contributed by atoms with Crippen molar-refractivity contribution in [1.29, 1.82) is 5.26 Å². The van der Waals surface area contributed by atoms with E-state index in [0.717, 1.165) is 79.7 Å². The van der Waals surface area contributed by atoms with Gasteiger partial charge in [0.25, 0.3) is 5.91 Å². The molecule has 8 aromatic heterocycles. The number of nitrogens with two attached hydrogens (primary N) is 1. The Labute approximate surface area is 368 Å². The van der Waals surface area contributed by atoms with E-state index in [9.17, 15) is 19.6 Å². The normalized spacial score (nSPS) is 16.7. The molecule has 17 heteroatoms. The average Bonchev–Trinajstić information content (AvgIpc) is 4.16. The topological polar surface area (TPSA) is 210 Å². The number of fused-ring (bicyclic) bond motifs is 4. The number of aromatic nitrogens is 8. The van der Waals surface area contributed by atoms with Gasteiger partial charge in [0.15, 0.2) is 16.6 Å². The lowest BCUT2D eigenvalue weighted by atomic mass is 10.0. The molecule has 3 aliphatic rings. The highest BCUT2D eigenvalue weighted by atomic mass is 16.6. The molecular formula is C47H50N10O7. The van der Waals surface area contributed by atoms with Gasteiger partial charge < -0.3 is 47.3 Å². The number of esters is 1. The minimum Gasteiger partial charge on any atom is -0.477 e. The molecule has 0 atom stereocenters. The zero-order valence-corrected chi connectivity index (χ0v) is 35.5. The van der Waals surface area contributed by atoms with E-state index in [1.165, 1.54) is 13.2 Å². The highest BCUT2D eigenvalue weighted by Gasteiger charge is 2.45. The summed E-state index contributed by atoms with van der Waals surface area (Å²) in [5.41, 5.74) is 6.52. The number of ether oxygens (including phenoxy) is 4. The van der Waals surface area contributed by atoms with Crippen LogP contribution in [-0.2, 0) is 14.3 Å². The first-order chi connectivity index (χ1) is 31.1. The Morgan fingerprint density at radius 3 is 1.56 bits per heavy atom. The molecule has 3 fully saturated rings. The molecule has 0 spiro atoms. The third kappa shape index (κ3) is 9.55. The Morgan fingerprint density at radius 1 is 0.625 bits per heavy atom. The first-order valence-corrected chi connectivity index (χ1v) is 21.4. The van der Waals surface area contributed by atoms with Gasteiger partial charge in [-0.05, 0) is 82.4 Å². The number of amides is 1. The summed E-state index contributed by atoms with van der Waals surface area (Å²) < 4.78 is 30.2. The molecule has 0 radical (unpaired) electrons. The molecular weight excluding hydrogens is 817 g/mol. The maximum atomic E-state index is 12.0. The van der Waals surface area contributed by atoms with Crippen LogP contribution in [0.4, 0.5) is 0 Å². The molecule has 11 rings (SSSR count). The number of aromatic amines is 1. The van der Waals surface area contributed by atoms with Gasteiger partial charge in [-0.25, -0.2) is 19.7 Å². The quantitative estimate of drug-likeness (QED) is 0.150. The number of hydrogen-bond donors (Lipinski definition) is 2. The number of H-pyrrole nitrogens is 1. The molecule has 0 bridgehead atoms. The monoisotopic (exact) mass is 866 g/mol. The molecule has 0 aliphatic heterocycles. The molecule has 8 heterocycles. The van der Waals surface area contributed by atoms with Crippen LogP contribution in [0.1, 0.15) is 77.0 Å². The average molecular weight is 867 g/mol. The molecule has 0 aromatic carbocycles. The van der Waals surface area contributed by atoms with Crippen molar-refractivity contribution in [3.05, 3.63) is 133 Å². The van der Waals surface area contributed by atoms with Crippen LogP contribution >= 0.6 is 0 Å². The van der Waals surface area contributed by atoms with E-state index in [1.807, 2.05) is 97.4 Å². The summed E-state index contributed by atoms with van der Waals surface area (Å²) in [4.78, 5) is 49.9. The van der Waals surface area contributed by atoms with Crippen LogP contribution in [0.15, 0.2) is 128 Å². The highest BCUT2D eigenvalue weighted by Crippen LogP contribution is 2.37. The molecule has 0 saturated heterocycles. The van der Waals surface area contributed by atoms with Gasteiger partial charge in [-0.3, -0.25) is 9.59 Å². The molecule has 3 N–H and O–H groups in total. The van der Waals surface area contributed by atoms with Gasteiger partial charge in [0.05, 0.1) is 7.11 Å². The van der Waals surface area contributed by atoms with E-state index >= 15 is 0 Å². The summed E-state index contributed by atoms with van der Waals surface area (Å²) in [7, 11) is 1.41. The summed E-state index contributed by atoms with van der Waals surface area (Å²) in [6, 6.07) is 16.5. The van der Waals surface area contributed by atoms with Gasteiger partial charge >= 0.3 is 5.97 Å². The number of nitrogens with one attached hydrogen (secondary N) is 1. The second kappa shape index (κ2) is 18.8. The predicted octanol–water partition coefficient (Wildman–Crippen LogP) is 6.89. The molecule has 17 nitrogen and oxygen atoms in total. The lowest BCUT2D eigenvalue weighted by molar-refractivity contribution is -0.158. The molecule has 330 valence electrons. The number of carbonyl (C=O) groups excluding carboxylic acids is 2. The van der Waals surface area contributed by atoms with Gasteiger partial charge in [0, 0.05) is 118 Å². The Balaban J connectivity index is 0.000000119. The summed E-state index contributed by atoms with van der Waals surface area (Å²) >= 11 is 0. The maximum Gasteiger partial charge on any atom is 0.350 e. The number of imidazole rings is 4. The van der Waals surface area contributed by atoms with Crippen molar-refractivity contribution >= 4 is 34.5 Å². The van der Waals surface area contributed by atoms with Crippen LogP contribution in [0.25, 0.3) is 22.6 Å². The van der Waals surface area contributed by atoms with Crippen LogP contribution in [-0.4, -0.2) is 73.3 Å². The standard InChI is InChI=1S/C14H16N2O3.C13H15N3O2.C13H13N3O.C7H6N2O/c1-18-13(17)14(5-2-3-6-14)19-11-4-8-16-9-7-15-12(16)10-11;14-12(17)13(4-1-2-5-13)18-10-3-7-16-8-6-15-11(16)9-10;14-10-13(4-1-2-5-13)17-11-3-7-16-8-6-15-12(16)9-11;10-6-1-3-9-4-2-8-7(9)5-6/h4,7-10H,2-3,5-6H2,1H3;3,6-9H,1-2,4-5H2,(H2,14,17);3,6-9H,1-2,4-5H2;1-5,8H. The Bertz CT molecular complexity index is 2960. The largest absolute Gasteiger partial charge is 0.477 e. The zero-order chi connectivity index (χ0) is 44.6. The van der Waals surface area contributed by atoms with Gasteiger partial charge in [0.2, 0.25) is 5.60 Å². The van der Waals surface area contributed by atoms with Crippen LogP contribution in [0.5, 0.6) is 17.2 Å². The zero-order valence-electron chi connectivity index (χ0n) is 35.5. The number of nitriles is 1. The molecule has 1 amide bonds. The fraction of sp³-hybridized carbons (Fsp3) is 0.340. The van der Waals surface area contributed by atoms with E-state index in [4.69, 9.17) is 24.7 Å². The Kier molecular flexibility index (Phi) is 12.6. The second-order valence-electron chi connectivity index (χ2n) is 16.2. The van der Waals surface area contributed by atoms with E-state index < -0.39 is 16.8 Å². The maximum absolute atomic E-state index is 12.0. The molecule has 8 aromatic rings. The number of methoxy groups -OCH3 is 1. The minimum absolute atomic E-state index is 0.0300. The summed E-state index contributed by atoms with van der Waals surface area (Å²) in [5, 5.41) is 9.26. The smallest absolute Gasteiger partial charge is 0.350 e. The molecule has 3 saturated carbocycles. The third-order valence-electron chi connectivity index (χ3n) is 11.9. The first-order valence-electron chi connectivity index (χ1n) is 21.4. The molecule has 64 heavy (non-hydrogen) atoms. The van der Waals surface area contributed by atoms with Crippen molar-refractivity contribution in [1.82, 2.24) is 37.5 Å². The van der Waals surface area contributed by atoms with Gasteiger partial charge in [-0.1, -0.05) is 0 Å². The lowest BCUT2D eigenvalue weighted by Crippen LogP contribution is -2.46. The number of hydrogen-bond acceptors (Lipinski definition) is 11. The van der Waals surface area contributed by atoms with Crippen molar-refractivity contribution in [2.45, 2.75) is 93.9 Å². The van der Waals surface area contributed by atoms with Crippen molar-refractivity contribution in [2.75, 3.05) is 7.11 Å². The van der Waals surface area contributed by atoms with E-state index in [-0.39, 0.29) is 17.3 Å². The summed E-state index contributed by atoms with van der Waals surface area (Å²) in [6.45, 7) is 0. The van der Waals surface area contributed by atoms with Crippen LogP contribution < -0.4 is 25.4 Å². The number of primary amides is 1. The third-order valence-corrected chi connectivity index (χ3v) is 11.9. The summed E-state index contributed by atoms with van der Waals surface area (Å²) in [6.07, 6.45) is 32.3. The number of rotatable bonds is 8. The molecule has 3 aliphatic carbocycles. The second-order valence-corrected chi connectivity index (χ2v) is 16.2. The SMILES string of the molecule is COC(=O)C1(Oc2ccn3ccnc3c2)CCCC1.N#CC1(Oc2ccn3ccnc3c2)CCCC1.NC(=O)C1(Oc2ccn3ccnc3c2)CCCC1.O=c1ccn2cc[nH]c2c1. The minimum atomic E-state index is -0.828. The van der Waals surface area contributed by atoms with Crippen LogP contribution in [0, 0.1) is 11.3 Å². The number of pyridine rings is 4. The summed E-state index contributed by atoms with van der Waals surface area (Å²) in [5.74, 6) is 1.38. The lowest BCUT2D eigenvalue weighted by Gasteiger charge is -2.27. The Morgan fingerprint density at radius 2 is 1.08 bits per heavy atom. The fourth-order valence-corrected chi connectivity index (χ4v) is 8.49. The molecule has 0 unspecified atom stereocenters. The van der Waals surface area contributed by atoms with Gasteiger partial charge in [-0.15, -0.1) is 0 Å². The highest BCUT2D eigenvalue weighted by molar-refractivity contribution is 5.84. The van der Waals surface area contributed by atoms with Crippen LogP contribution in [0.2, 0.25) is 0 Å².